The van der Waals surface area contributed by atoms with Crippen molar-refractivity contribution < 1.29 is 9.59 Å². The third-order valence-corrected chi connectivity index (χ3v) is 6.84. The van der Waals surface area contributed by atoms with Crippen molar-refractivity contribution in [3.63, 3.8) is 0 Å². The van der Waals surface area contributed by atoms with Gasteiger partial charge in [-0.3, -0.25) is 9.59 Å². The van der Waals surface area contributed by atoms with Crippen LogP contribution in [0.5, 0.6) is 0 Å². The maximum absolute atomic E-state index is 13.5. The second kappa shape index (κ2) is 16.4. The molecule has 11 heteroatoms. The lowest BCUT2D eigenvalue weighted by Gasteiger charge is -2.18. The van der Waals surface area contributed by atoms with Gasteiger partial charge in [0.25, 0.3) is 11.8 Å². The molecule has 2 N–H and O–H groups in total. The number of carbonyl (C=O) groups excluding carboxylic acids is 2. The zero-order chi connectivity index (χ0) is 25.7. The van der Waals surface area contributed by atoms with E-state index in [1.807, 2.05) is 57.1 Å². The Kier molecular flexibility index (Phi) is 15.6. The van der Waals surface area contributed by atoms with Crippen molar-refractivity contribution in [3.05, 3.63) is 51.3 Å². The van der Waals surface area contributed by atoms with E-state index in [0.29, 0.717) is 29.2 Å². The highest BCUT2D eigenvalue weighted by atomic mass is 35.5. The minimum absolute atomic E-state index is 0. The Morgan fingerprint density at radius 1 is 1.11 bits per heavy atom. The first-order chi connectivity index (χ1) is 16.7. The van der Waals surface area contributed by atoms with Gasteiger partial charge in [0.2, 0.25) is 0 Å². The number of amides is 2. The van der Waals surface area contributed by atoms with Gasteiger partial charge >= 0.3 is 0 Å². The fourth-order valence-corrected chi connectivity index (χ4v) is 4.77. The molecule has 38 heavy (non-hydrogen) atoms. The molecule has 0 fully saturated rings. The van der Waals surface area contributed by atoms with Crippen LogP contribution >= 0.6 is 48.8 Å². The lowest BCUT2D eigenvalue weighted by atomic mass is 10.0. The molecule has 0 saturated heterocycles. The normalized spacial score (nSPS) is 13.3. The molecule has 2 heterocycles. The number of H-pyrrole nitrogens is 1. The van der Waals surface area contributed by atoms with E-state index in [1.165, 1.54) is 0 Å². The van der Waals surface area contributed by atoms with Crippen molar-refractivity contribution in [1.29, 1.82) is 0 Å². The average Bonchev–Trinajstić information content (AvgIpc) is 3.23. The van der Waals surface area contributed by atoms with Crippen LogP contribution in [0.15, 0.2) is 18.2 Å². The summed E-state index contributed by atoms with van der Waals surface area (Å²) in [6.45, 7) is 12.9. The number of fused-ring (bicyclic) bond motifs is 1. The largest absolute Gasteiger partial charge is 0.358 e. The van der Waals surface area contributed by atoms with Gasteiger partial charge in [-0.15, -0.1) is 37.2 Å². The molecule has 1 aliphatic heterocycles. The molecular weight excluding hydrogens is 568 g/mol. The van der Waals surface area contributed by atoms with Crippen LogP contribution in [0.25, 0.3) is 11.6 Å². The number of benzene rings is 1. The van der Waals surface area contributed by atoms with Crippen molar-refractivity contribution in [3.8, 4) is 0 Å². The maximum atomic E-state index is 13.5. The van der Waals surface area contributed by atoms with Crippen molar-refractivity contribution in [2.75, 3.05) is 58.3 Å². The zero-order valence-corrected chi connectivity index (χ0v) is 26.2. The number of aryl methyl sites for hydroxylation is 1. The molecule has 0 unspecified atom stereocenters. The predicted molar refractivity (Wildman–Crippen MR) is 167 cm³/mol. The van der Waals surface area contributed by atoms with E-state index < -0.39 is 0 Å². The van der Waals surface area contributed by atoms with Crippen LogP contribution < -0.4 is 10.2 Å². The zero-order valence-electron chi connectivity index (χ0n) is 23.0. The van der Waals surface area contributed by atoms with Gasteiger partial charge < -0.3 is 25.0 Å². The summed E-state index contributed by atoms with van der Waals surface area (Å²) in [7, 11) is 4.05. The van der Waals surface area contributed by atoms with Crippen LogP contribution in [-0.4, -0.2) is 80.0 Å². The minimum Gasteiger partial charge on any atom is -0.358 e. The summed E-state index contributed by atoms with van der Waals surface area (Å²) in [4.78, 5) is 35.9. The van der Waals surface area contributed by atoms with E-state index in [4.69, 9.17) is 11.6 Å². The number of hydrogen-bond acceptors (Lipinski definition) is 4. The Labute approximate surface area is 250 Å². The molecule has 7 nitrogen and oxygen atoms in total. The number of nitrogens with one attached hydrogen (secondary N) is 2. The van der Waals surface area contributed by atoms with Crippen molar-refractivity contribution in [1.82, 2.24) is 20.1 Å². The highest BCUT2D eigenvalue weighted by Gasteiger charge is 2.32. The highest BCUT2D eigenvalue weighted by molar-refractivity contribution is 6.37. The topological polar surface area (TPSA) is 71.7 Å². The Balaban J connectivity index is 0.00000456. The fraction of sp³-hybridized carbons (Fsp3) is 0.481. The monoisotopic (exact) mass is 607 g/mol. The quantitative estimate of drug-likeness (QED) is 0.332. The van der Waals surface area contributed by atoms with Gasteiger partial charge in [-0.25, -0.2) is 0 Å². The predicted octanol–water partition coefficient (Wildman–Crippen LogP) is 5.46. The second-order valence-corrected chi connectivity index (χ2v) is 9.72. The van der Waals surface area contributed by atoms with Gasteiger partial charge in [-0.2, -0.15) is 0 Å². The number of halogens is 4. The molecule has 1 aromatic carbocycles. The SMILES string of the molecule is CCN(CC)CCNC(=O)c1c(C)[nH]c(/C=C2\C(=O)N(CCCN(C)C)c3ccc(Cl)cc32)c1C.Cl.Cl.Cl. The number of rotatable bonds is 11. The number of carbonyl (C=O) groups is 2. The Hall–Kier alpha value is -1.74. The standard InChI is InChI=1S/C27H38ClN5O2.3ClH/c1-7-32(8-2)15-12-29-26(34)25-18(3)23(30-19(25)4)17-22-21-16-20(28)10-11-24(21)33(27(22)35)14-9-13-31(5)6;;;/h10-11,16-17,30H,7-9,12-15H2,1-6H3,(H,29,34);3*1H/b22-17-;;;. The molecule has 0 atom stereocenters. The van der Waals surface area contributed by atoms with E-state index in [0.717, 1.165) is 60.8 Å². The van der Waals surface area contributed by atoms with Gasteiger partial charge in [0.05, 0.1) is 16.8 Å². The number of likely N-dealkylation sites (N-methyl/N-ethyl adjacent to an activating group) is 1. The first-order valence-electron chi connectivity index (χ1n) is 12.4. The van der Waals surface area contributed by atoms with Gasteiger partial charge in [0.1, 0.15) is 0 Å². The first-order valence-corrected chi connectivity index (χ1v) is 12.7. The van der Waals surface area contributed by atoms with Crippen LogP contribution in [0.2, 0.25) is 5.02 Å². The molecule has 0 bridgehead atoms. The highest BCUT2D eigenvalue weighted by Crippen LogP contribution is 2.39. The molecule has 1 aromatic heterocycles. The van der Waals surface area contributed by atoms with Crippen LogP contribution in [0, 0.1) is 13.8 Å². The minimum atomic E-state index is -0.0976. The molecule has 2 amide bonds. The third kappa shape index (κ3) is 8.38. The lowest BCUT2D eigenvalue weighted by molar-refractivity contribution is -0.113. The summed E-state index contributed by atoms with van der Waals surface area (Å²) < 4.78 is 0. The Bertz CT molecular complexity index is 1110. The molecular formula is C27H41Cl4N5O2. The van der Waals surface area contributed by atoms with Crippen LogP contribution in [-0.2, 0) is 4.79 Å². The van der Waals surface area contributed by atoms with Gasteiger partial charge in [-0.05, 0) is 83.8 Å². The number of aromatic nitrogens is 1. The van der Waals surface area contributed by atoms with Crippen LogP contribution in [0.3, 0.4) is 0 Å². The van der Waals surface area contributed by atoms with Gasteiger partial charge in [0, 0.05) is 41.6 Å². The maximum Gasteiger partial charge on any atom is 0.259 e. The summed E-state index contributed by atoms with van der Waals surface area (Å²) in [5.41, 5.74) is 5.30. The lowest BCUT2D eigenvalue weighted by Crippen LogP contribution is -2.35. The molecule has 214 valence electrons. The number of nitrogens with zero attached hydrogens (tertiary/aromatic N) is 3. The Morgan fingerprint density at radius 2 is 1.76 bits per heavy atom. The number of anilines is 1. The molecule has 0 spiro atoms. The van der Waals surface area contributed by atoms with Crippen molar-refractivity contribution in [2.24, 2.45) is 0 Å². The number of hydrogen-bond donors (Lipinski definition) is 2. The summed E-state index contributed by atoms with van der Waals surface area (Å²) in [5.74, 6) is -0.141. The molecule has 0 aliphatic carbocycles. The van der Waals surface area contributed by atoms with E-state index in [-0.39, 0.29) is 49.0 Å². The smallest absolute Gasteiger partial charge is 0.259 e. The fourth-order valence-electron chi connectivity index (χ4n) is 4.60. The molecule has 0 saturated carbocycles. The second-order valence-electron chi connectivity index (χ2n) is 9.28. The Morgan fingerprint density at radius 3 is 2.37 bits per heavy atom. The average molecular weight is 609 g/mol. The van der Waals surface area contributed by atoms with Crippen molar-refractivity contribution >= 4 is 78.0 Å². The number of aromatic amines is 1. The molecule has 3 rings (SSSR count). The molecule has 0 radical (unpaired) electrons. The van der Waals surface area contributed by atoms with Gasteiger partial charge in [-0.1, -0.05) is 25.4 Å². The summed E-state index contributed by atoms with van der Waals surface area (Å²) in [6.07, 6.45) is 2.73. The van der Waals surface area contributed by atoms with Crippen LogP contribution in [0.4, 0.5) is 5.69 Å². The summed E-state index contributed by atoms with van der Waals surface area (Å²) in [5, 5.41) is 3.63. The summed E-state index contributed by atoms with van der Waals surface area (Å²) in [6, 6.07) is 5.58. The molecule has 2 aromatic rings. The van der Waals surface area contributed by atoms with Crippen molar-refractivity contribution in [2.45, 2.75) is 34.1 Å². The van der Waals surface area contributed by atoms with Gasteiger partial charge in [0.15, 0.2) is 0 Å². The van der Waals surface area contributed by atoms with E-state index in [1.54, 1.807) is 0 Å². The van der Waals surface area contributed by atoms with E-state index in [2.05, 4.69) is 33.9 Å². The van der Waals surface area contributed by atoms with E-state index in [9.17, 15) is 9.59 Å². The van der Waals surface area contributed by atoms with Crippen LogP contribution in [0.1, 0.15) is 53.1 Å². The summed E-state index contributed by atoms with van der Waals surface area (Å²) >= 11 is 6.30. The molecule has 1 aliphatic rings. The first kappa shape index (κ1) is 36.3. The third-order valence-electron chi connectivity index (χ3n) is 6.60. The van der Waals surface area contributed by atoms with E-state index >= 15 is 0 Å².